The van der Waals surface area contributed by atoms with E-state index in [4.69, 9.17) is 0 Å². The quantitative estimate of drug-likeness (QED) is 0.798. The van der Waals surface area contributed by atoms with Crippen molar-refractivity contribution >= 4 is 27.7 Å². The lowest BCUT2D eigenvalue weighted by atomic mass is 9.60. The summed E-state index contributed by atoms with van der Waals surface area (Å²) in [5.74, 6) is -0.428. The zero-order valence-corrected chi connectivity index (χ0v) is 12.9. The first-order chi connectivity index (χ1) is 9.61. The average Bonchev–Trinajstić information content (AvgIpc) is 2.38. The Labute approximate surface area is 127 Å². The van der Waals surface area contributed by atoms with Crippen LogP contribution in [0.5, 0.6) is 0 Å². The summed E-state index contributed by atoms with van der Waals surface area (Å²) in [5.41, 5.74) is 0.852. The van der Waals surface area contributed by atoms with Crippen molar-refractivity contribution in [3.05, 3.63) is 34.3 Å². The van der Waals surface area contributed by atoms with Crippen LogP contribution in [0.3, 0.4) is 0 Å². The van der Waals surface area contributed by atoms with E-state index in [9.17, 15) is 9.59 Å². The maximum atomic E-state index is 12.4. The van der Waals surface area contributed by atoms with Crippen molar-refractivity contribution < 1.29 is 9.59 Å². The third-order valence-corrected chi connectivity index (χ3v) is 5.17. The van der Waals surface area contributed by atoms with Crippen LogP contribution in [0.4, 0.5) is 0 Å². The Morgan fingerprint density at radius 2 is 1.90 bits per heavy atom. The van der Waals surface area contributed by atoms with Gasteiger partial charge in [0.05, 0.1) is 5.92 Å². The number of amides is 2. The SMILES string of the molecule is O=C1CC2(CCCCC2)C(c2cccc(Br)c2)C(=O)N1. The average molecular weight is 336 g/mol. The molecule has 3 nitrogen and oxygen atoms in total. The number of halogens is 1. The number of benzene rings is 1. The fourth-order valence-electron chi connectivity index (χ4n) is 3.87. The van der Waals surface area contributed by atoms with Gasteiger partial charge < -0.3 is 0 Å². The summed E-state index contributed by atoms with van der Waals surface area (Å²) in [6.07, 6.45) is 5.88. The normalized spacial score (nSPS) is 25.6. The van der Waals surface area contributed by atoms with Crippen LogP contribution >= 0.6 is 15.9 Å². The summed E-state index contributed by atoms with van der Waals surface area (Å²) in [5, 5.41) is 2.53. The van der Waals surface area contributed by atoms with Gasteiger partial charge in [-0.1, -0.05) is 47.3 Å². The van der Waals surface area contributed by atoms with Gasteiger partial charge in [0.15, 0.2) is 0 Å². The van der Waals surface area contributed by atoms with Crippen molar-refractivity contribution in [3.8, 4) is 0 Å². The number of hydrogen-bond donors (Lipinski definition) is 1. The van der Waals surface area contributed by atoms with Crippen molar-refractivity contribution in [3.63, 3.8) is 0 Å². The molecule has 0 bridgehead atoms. The molecule has 1 N–H and O–H groups in total. The largest absolute Gasteiger partial charge is 0.296 e. The molecule has 3 rings (SSSR count). The van der Waals surface area contributed by atoms with Crippen LogP contribution < -0.4 is 5.32 Å². The molecule has 1 aliphatic carbocycles. The second-order valence-electron chi connectivity index (χ2n) is 6.00. The van der Waals surface area contributed by atoms with E-state index < -0.39 is 0 Å². The fraction of sp³-hybridized carbons (Fsp3) is 0.500. The van der Waals surface area contributed by atoms with Crippen LogP contribution in [0.15, 0.2) is 28.7 Å². The second kappa shape index (κ2) is 5.32. The highest BCUT2D eigenvalue weighted by Gasteiger charge is 2.49. The van der Waals surface area contributed by atoms with Gasteiger partial charge in [-0.3, -0.25) is 14.9 Å². The Hall–Kier alpha value is -1.16. The Bertz CT molecular complexity index is 549. The van der Waals surface area contributed by atoms with Gasteiger partial charge in [-0.2, -0.15) is 0 Å². The molecule has 1 aromatic rings. The molecule has 1 unspecified atom stereocenters. The zero-order valence-electron chi connectivity index (χ0n) is 11.3. The Morgan fingerprint density at radius 1 is 1.15 bits per heavy atom. The lowest BCUT2D eigenvalue weighted by Crippen LogP contribution is -2.51. The molecular weight excluding hydrogens is 318 g/mol. The number of imide groups is 1. The van der Waals surface area contributed by atoms with Gasteiger partial charge in [-0.05, 0) is 36.0 Å². The molecule has 0 aromatic heterocycles. The van der Waals surface area contributed by atoms with Gasteiger partial charge in [0, 0.05) is 10.9 Å². The summed E-state index contributed by atoms with van der Waals surface area (Å²) >= 11 is 3.47. The van der Waals surface area contributed by atoms with Crippen molar-refractivity contribution in [2.24, 2.45) is 5.41 Å². The summed E-state index contributed by atoms with van der Waals surface area (Å²) in [7, 11) is 0. The number of hydrogen-bond acceptors (Lipinski definition) is 2. The van der Waals surface area contributed by atoms with Crippen LogP contribution in [-0.4, -0.2) is 11.8 Å². The Balaban J connectivity index is 2.03. The smallest absolute Gasteiger partial charge is 0.234 e. The van der Waals surface area contributed by atoms with E-state index in [1.165, 1.54) is 6.42 Å². The Morgan fingerprint density at radius 3 is 2.60 bits per heavy atom. The number of piperidine rings is 1. The molecule has 1 atom stereocenters. The first-order valence-electron chi connectivity index (χ1n) is 7.20. The van der Waals surface area contributed by atoms with E-state index in [-0.39, 0.29) is 23.1 Å². The molecule has 4 heteroatoms. The van der Waals surface area contributed by atoms with Gasteiger partial charge in [0.1, 0.15) is 0 Å². The molecule has 2 amide bonds. The standard InChI is InChI=1S/C16H18BrNO2/c17-12-6-4-5-11(9-12)14-15(20)18-13(19)10-16(14)7-2-1-3-8-16/h4-6,9,14H,1-3,7-8,10H2,(H,18,19,20). The fourth-order valence-corrected chi connectivity index (χ4v) is 4.28. The van der Waals surface area contributed by atoms with Gasteiger partial charge >= 0.3 is 0 Å². The number of carbonyl (C=O) groups excluding carboxylic acids is 2. The van der Waals surface area contributed by atoms with Crippen LogP contribution in [0.25, 0.3) is 0 Å². The van der Waals surface area contributed by atoms with Crippen LogP contribution in [-0.2, 0) is 9.59 Å². The third kappa shape index (κ3) is 2.41. The number of carbonyl (C=O) groups is 2. The molecule has 0 radical (unpaired) electrons. The van der Waals surface area contributed by atoms with E-state index in [0.29, 0.717) is 6.42 Å². The predicted octanol–water partition coefficient (Wildman–Crippen LogP) is 3.53. The molecule has 1 heterocycles. The maximum absolute atomic E-state index is 12.4. The van der Waals surface area contributed by atoms with Crippen LogP contribution in [0.2, 0.25) is 0 Å². The highest BCUT2D eigenvalue weighted by atomic mass is 79.9. The van der Waals surface area contributed by atoms with E-state index in [1.807, 2.05) is 24.3 Å². The lowest BCUT2D eigenvalue weighted by Gasteiger charge is -2.45. The predicted molar refractivity (Wildman–Crippen MR) is 80.2 cm³/mol. The topological polar surface area (TPSA) is 46.2 Å². The molecule has 2 fully saturated rings. The third-order valence-electron chi connectivity index (χ3n) is 4.68. The van der Waals surface area contributed by atoms with E-state index >= 15 is 0 Å². The lowest BCUT2D eigenvalue weighted by molar-refractivity contribution is -0.141. The molecule has 20 heavy (non-hydrogen) atoms. The molecule has 106 valence electrons. The first-order valence-corrected chi connectivity index (χ1v) is 7.99. The van der Waals surface area contributed by atoms with Gasteiger partial charge in [-0.25, -0.2) is 0 Å². The van der Waals surface area contributed by atoms with Crippen molar-refractivity contribution in [2.75, 3.05) is 0 Å². The van der Waals surface area contributed by atoms with Crippen LogP contribution in [0.1, 0.15) is 50.0 Å². The summed E-state index contributed by atoms with van der Waals surface area (Å²) in [6.45, 7) is 0. The number of nitrogens with one attached hydrogen (secondary N) is 1. The minimum atomic E-state index is -0.196. The van der Waals surface area contributed by atoms with E-state index in [2.05, 4.69) is 21.2 Å². The molecule has 1 aliphatic heterocycles. The van der Waals surface area contributed by atoms with Crippen LogP contribution in [0, 0.1) is 5.41 Å². The second-order valence-corrected chi connectivity index (χ2v) is 6.92. The van der Waals surface area contributed by atoms with E-state index in [1.54, 1.807) is 0 Å². The summed E-state index contributed by atoms with van der Waals surface area (Å²) in [4.78, 5) is 24.3. The minimum Gasteiger partial charge on any atom is -0.296 e. The monoisotopic (exact) mass is 335 g/mol. The zero-order chi connectivity index (χ0) is 14.2. The first kappa shape index (κ1) is 13.8. The molecule has 1 aromatic carbocycles. The van der Waals surface area contributed by atoms with Gasteiger partial charge in [0.25, 0.3) is 0 Å². The maximum Gasteiger partial charge on any atom is 0.234 e. The van der Waals surface area contributed by atoms with Crippen molar-refractivity contribution in [2.45, 2.75) is 44.4 Å². The molecule has 1 saturated heterocycles. The van der Waals surface area contributed by atoms with Gasteiger partial charge in [-0.15, -0.1) is 0 Å². The van der Waals surface area contributed by atoms with E-state index in [0.717, 1.165) is 35.7 Å². The minimum absolute atomic E-state index is 0.108. The number of rotatable bonds is 1. The van der Waals surface area contributed by atoms with Crippen molar-refractivity contribution in [1.29, 1.82) is 0 Å². The molecule has 2 aliphatic rings. The summed E-state index contributed by atoms with van der Waals surface area (Å²) in [6, 6.07) is 7.93. The van der Waals surface area contributed by atoms with Gasteiger partial charge in [0.2, 0.25) is 11.8 Å². The molecular formula is C16H18BrNO2. The molecule has 1 saturated carbocycles. The highest BCUT2D eigenvalue weighted by molar-refractivity contribution is 9.10. The molecule has 1 spiro atoms. The van der Waals surface area contributed by atoms with Crippen molar-refractivity contribution in [1.82, 2.24) is 5.32 Å². The highest BCUT2D eigenvalue weighted by Crippen LogP contribution is 2.51. The summed E-state index contributed by atoms with van der Waals surface area (Å²) < 4.78 is 0.977. The Kier molecular flexibility index (Phi) is 3.67.